The molecule has 2 atom stereocenters. The molecule has 2 bridgehead atoms. The Morgan fingerprint density at radius 2 is 1.77 bits per heavy atom. The largest absolute Gasteiger partial charge is 1.00 e. The van der Waals surface area contributed by atoms with Crippen LogP contribution in [-0.4, -0.2) is 20.9 Å². The molecule has 2 aliphatic carbocycles. The van der Waals surface area contributed by atoms with Gasteiger partial charge in [-0.2, -0.15) is 0 Å². The van der Waals surface area contributed by atoms with Crippen molar-refractivity contribution >= 4 is 27.9 Å². The fraction of sp³-hybridized carbons (Fsp3) is 0.400. The van der Waals surface area contributed by atoms with Gasteiger partial charge in [0.05, 0.1) is 39.3 Å². The summed E-state index contributed by atoms with van der Waals surface area (Å²) in [6, 6.07) is 7.66. The van der Waals surface area contributed by atoms with E-state index in [2.05, 4.69) is 11.9 Å². The fourth-order valence-corrected chi connectivity index (χ4v) is 5.17. The van der Waals surface area contributed by atoms with Crippen LogP contribution in [0.3, 0.4) is 0 Å². The van der Waals surface area contributed by atoms with Crippen molar-refractivity contribution in [1.82, 2.24) is 15.0 Å². The van der Waals surface area contributed by atoms with Gasteiger partial charge in [0, 0.05) is 17.0 Å². The smallest absolute Gasteiger partial charge is 0.549 e. The van der Waals surface area contributed by atoms with Crippen molar-refractivity contribution in [2.75, 3.05) is 0 Å². The van der Waals surface area contributed by atoms with Crippen LogP contribution in [0.15, 0.2) is 30.5 Å². The number of hydrogen-bond acceptors (Lipinski definition) is 5. The predicted octanol–water partition coefficient (Wildman–Crippen LogP) is -0.739. The number of carboxylic acid groups (broad SMARTS) is 1. The maximum absolute atomic E-state index is 12.3. The Balaban J connectivity index is 0.00000168. The molecular formula is C20H18KN3O2. The van der Waals surface area contributed by atoms with Gasteiger partial charge in [0.15, 0.2) is 0 Å². The van der Waals surface area contributed by atoms with Crippen LogP contribution in [0.1, 0.15) is 45.0 Å². The van der Waals surface area contributed by atoms with Crippen molar-refractivity contribution < 1.29 is 61.3 Å². The minimum absolute atomic E-state index is 0. The van der Waals surface area contributed by atoms with Crippen LogP contribution in [0.2, 0.25) is 0 Å². The number of hydrogen-bond donors (Lipinski definition) is 0. The number of carboxylic acids is 1. The number of benzene rings is 1. The molecular weight excluding hydrogens is 353 g/mol. The first-order valence-corrected chi connectivity index (χ1v) is 8.61. The zero-order valence-corrected chi connectivity index (χ0v) is 18.6. The summed E-state index contributed by atoms with van der Waals surface area (Å²) in [7, 11) is 0. The molecule has 0 amide bonds. The molecule has 0 spiro atoms. The van der Waals surface area contributed by atoms with E-state index in [4.69, 9.17) is 9.97 Å². The molecule has 5 rings (SSSR count). The number of carbonyl (C=O) groups is 1. The first-order valence-electron chi connectivity index (χ1n) is 8.61. The van der Waals surface area contributed by atoms with Gasteiger partial charge >= 0.3 is 51.4 Å². The first-order chi connectivity index (χ1) is 11.8. The Kier molecular flexibility index (Phi) is 3.93. The van der Waals surface area contributed by atoms with E-state index in [1.807, 2.05) is 38.1 Å². The summed E-state index contributed by atoms with van der Waals surface area (Å²) in [5, 5.41) is 13.2. The van der Waals surface area contributed by atoms with E-state index in [1.165, 1.54) is 0 Å². The summed E-state index contributed by atoms with van der Waals surface area (Å²) < 4.78 is 0. The number of aliphatic carboxylic acids is 1. The number of pyridine rings is 1. The molecule has 3 aromatic rings. The van der Waals surface area contributed by atoms with E-state index in [-0.39, 0.29) is 56.8 Å². The molecule has 2 unspecified atom stereocenters. The van der Waals surface area contributed by atoms with Crippen LogP contribution in [0.5, 0.6) is 0 Å². The summed E-state index contributed by atoms with van der Waals surface area (Å²) >= 11 is 0. The second kappa shape index (κ2) is 5.55. The Morgan fingerprint density at radius 1 is 1.04 bits per heavy atom. The molecule has 126 valence electrons. The second-order valence-electron chi connectivity index (χ2n) is 8.07. The molecule has 0 saturated heterocycles. The number of carbonyl (C=O) groups excluding carboxylic acids is 1. The molecule has 0 radical (unpaired) electrons. The summed E-state index contributed by atoms with van der Waals surface area (Å²) in [6.07, 6.45) is 3.10. The molecule has 1 fully saturated rings. The van der Waals surface area contributed by atoms with E-state index < -0.39 is 16.8 Å². The quantitative estimate of drug-likeness (QED) is 0.416. The third-order valence-electron chi connectivity index (χ3n) is 7.14. The van der Waals surface area contributed by atoms with Gasteiger partial charge in [0.1, 0.15) is 0 Å². The van der Waals surface area contributed by atoms with Gasteiger partial charge in [0.25, 0.3) is 0 Å². The number of aromatic nitrogens is 3. The molecule has 0 N–H and O–H groups in total. The van der Waals surface area contributed by atoms with E-state index >= 15 is 0 Å². The van der Waals surface area contributed by atoms with Crippen molar-refractivity contribution in [1.29, 1.82) is 0 Å². The monoisotopic (exact) mass is 371 g/mol. The number of rotatable bonds is 1. The molecule has 2 heterocycles. The Labute approximate surface area is 194 Å². The SMILES string of the molecule is CC12CCC(C(=O)[O-])(c3nc4ccc5ncccc5c4nc31)C2(C)C.[K+]. The Bertz CT molecular complexity index is 1100. The zero-order chi connectivity index (χ0) is 17.6. The molecule has 1 aromatic carbocycles. The molecule has 0 aliphatic heterocycles. The minimum Gasteiger partial charge on any atom is -0.549 e. The third kappa shape index (κ3) is 1.84. The van der Waals surface area contributed by atoms with Gasteiger partial charge in [-0.05, 0) is 42.5 Å². The summed E-state index contributed by atoms with van der Waals surface area (Å²) in [5.41, 5.74) is 1.91. The van der Waals surface area contributed by atoms with Gasteiger partial charge < -0.3 is 9.90 Å². The number of fused-ring (bicyclic) bond motifs is 8. The zero-order valence-electron chi connectivity index (χ0n) is 15.5. The van der Waals surface area contributed by atoms with Gasteiger partial charge in [-0.1, -0.05) is 20.8 Å². The van der Waals surface area contributed by atoms with E-state index in [9.17, 15) is 9.90 Å². The Morgan fingerprint density at radius 3 is 2.50 bits per heavy atom. The van der Waals surface area contributed by atoms with E-state index in [0.717, 1.165) is 28.5 Å². The van der Waals surface area contributed by atoms with Crippen LogP contribution in [0, 0.1) is 5.41 Å². The summed E-state index contributed by atoms with van der Waals surface area (Å²) in [5.74, 6) is -1.03. The molecule has 2 aliphatic rings. The average molecular weight is 371 g/mol. The summed E-state index contributed by atoms with van der Waals surface area (Å²) in [4.78, 5) is 26.4. The predicted molar refractivity (Wildman–Crippen MR) is 91.9 cm³/mol. The minimum atomic E-state index is -1.07. The third-order valence-corrected chi connectivity index (χ3v) is 7.14. The van der Waals surface area contributed by atoms with Crippen molar-refractivity contribution in [3.63, 3.8) is 0 Å². The second-order valence-corrected chi connectivity index (χ2v) is 8.07. The fourth-order valence-electron chi connectivity index (χ4n) is 5.17. The van der Waals surface area contributed by atoms with Gasteiger partial charge in [-0.15, -0.1) is 0 Å². The molecule has 6 heteroatoms. The molecule has 5 nitrogen and oxygen atoms in total. The van der Waals surface area contributed by atoms with Crippen LogP contribution in [0.4, 0.5) is 0 Å². The number of nitrogens with zero attached hydrogens (tertiary/aromatic N) is 3. The normalized spacial score (nSPS) is 28.1. The van der Waals surface area contributed by atoms with Crippen LogP contribution < -0.4 is 56.5 Å². The van der Waals surface area contributed by atoms with Crippen molar-refractivity contribution in [3.8, 4) is 0 Å². The van der Waals surface area contributed by atoms with Crippen LogP contribution in [0.25, 0.3) is 21.9 Å². The van der Waals surface area contributed by atoms with E-state index in [0.29, 0.717) is 17.6 Å². The Hall–Kier alpha value is -0.924. The van der Waals surface area contributed by atoms with Gasteiger partial charge in [0.2, 0.25) is 0 Å². The maximum Gasteiger partial charge on any atom is 1.00 e. The molecule has 1 saturated carbocycles. The maximum atomic E-state index is 12.3. The van der Waals surface area contributed by atoms with Crippen LogP contribution >= 0.6 is 0 Å². The topological polar surface area (TPSA) is 78.8 Å². The molecule has 26 heavy (non-hydrogen) atoms. The van der Waals surface area contributed by atoms with Gasteiger partial charge in [-0.3, -0.25) is 4.98 Å². The standard InChI is InChI=1S/C20H19N3O2.K/c1-18(2)19(3)8-9-20(18,17(24)25)16-15(19)23-14-11-5-4-10-21-12(11)6-7-13(14)22-16;/h4-7,10H,8-9H2,1-3H3,(H,24,25);/q;+1/p-1. The summed E-state index contributed by atoms with van der Waals surface area (Å²) in [6.45, 7) is 6.15. The molecule has 2 aromatic heterocycles. The van der Waals surface area contributed by atoms with Crippen LogP contribution in [-0.2, 0) is 15.6 Å². The average Bonchev–Trinajstić information content (AvgIpc) is 2.89. The van der Waals surface area contributed by atoms with Crippen molar-refractivity contribution in [2.45, 2.75) is 44.4 Å². The van der Waals surface area contributed by atoms with E-state index in [1.54, 1.807) is 6.20 Å². The first kappa shape index (κ1) is 18.4. The van der Waals surface area contributed by atoms with Gasteiger partial charge in [-0.25, -0.2) is 9.97 Å². The van der Waals surface area contributed by atoms with Crippen molar-refractivity contribution in [3.05, 3.63) is 41.9 Å². The van der Waals surface area contributed by atoms with Crippen molar-refractivity contribution in [2.24, 2.45) is 5.41 Å².